The second kappa shape index (κ2) is 12.4. The molecule has 3 aromatic carbocycles. The number of hydrogen-bond acceptors (Lipinski definition) is 4. The van der Waals surface area contributed by atoms with Gasteiger partial charge >= 0.3 is 0 Å². The summed E-state index contributed by atoms with van der Waals surface area (Å²) in [6.07, 6.45) is 1.00. The first-order valence-electron chi connectivity index (χ1n) is 9.65. The first-order chi connectivity index (χ1) is 16.2. The lowest BCUT2D eigenvalue weighted by atomic mass is 10.2. The summed E-state index contributed by atoms with van der Waals surface area (Å²) in [5, 5.41) is 7.84. The van der Waals surface area contributed by atoms with Gasteiger partial charge in [-0.3, -0.25) is 9.59 Å². The summed E-state index contributed by atoms with van der Waals surface area (Å²) < 4.78 is 6.49. The Morgan fingerprint density at radius 1 is 0.941 bits per heavy atom. The largest absolute Gasteiger partial charge is 0.488 e. The molecule has 3 aromatic rings. The minimum Gasteiger partial charge on any atom is -0.488 e. The molecule has 2 N–H and O–H groups in total. The highest BCUT2D eigenvalue weighted by molar-refractivity contribution is 9.10. The zero-order chi connectivity index (χ0) is 24.7. The maximum atomic E-state index is 12.0. The molecule has 0 aliphatic carbocycles. The third-order valence-corrected chi connectivity index (χ3v) is 6.46. The Kier molecular flexibility index (Phi) is 9.62. The van der Waals surface area contributed by atoms with Gasteiger partial charge in [-0.15, -0.1) is 0 Å². The van der Waals surface area contributed by atoms with Crippen molar-refractivity contribution in [1.82, 2.24) is 5.43 Å². The molecule has 0 atom stereocenters. The van der Waals surface area contributed by atoms with Crippen LogP contribution < -0.4 is 15.5 Å². The van der Waals surface area contributed by atoms with Crippen LogP contribution in [0.25, 0.3) is 0 Å². The molecular weight excluding hydrogens is 588 g/mol. The molecule has 2 amide bonds. The molecule has 3 rings (SSSR count). The fourth-order valence-electron chi connectivity index (χ4n) is 2.66. The van der Waals surface area contributed by atoms with Crippen molar-refractivity contribution >= 4 is 86.1 Å². The monoisotopic (exact) mass is 601 g/mol. The number of benzene rings is 3. The van der Waals surface area contributed by atoms with E-state index in [-0.39, 0.29) is 5.02 Å². The molecule has 0 aliphatic rings. The lowest BCUT2D eigenvalue weighted by Gasteiger charge is -2.09. The van der Waals surface area contributed by atoms with Gasteiger partial charge in [-0.2, -0.15) is 5.10 Å². The first-order valence-corrected chi connectivity index (χ1v) is 12.0. The summed E-state index contributed by atoms with van der Waals surface area (Å²) >= 11 is 27.3. The van der Waals surface area contributed by atoms with E-state index in [1.54, 1.807) is 48.5 Å². The number of nitrogens with zero attached hydrogens (tertiary/aromatic N) is 1. The van der Waals surface area contributed by atoms with E-state index in [2.05, 4.69) is 31.8 Å². The summed E-state index contributed by atoms with van der Waals surface area (Å²) in [4.78, 5) is 24.0. The van der Waals surface area contributed by atoms with Crippen LogP contribution in [-0.4, -0.2) is 18.0 Å². The van der Waals surface area contributed by atoms with Gasteiger partial charge in [-0.1, -0.05) is 58.5 Å². The van der Waals surface area contributed by atoms with Gasteiger partial charge in [0.05, 0.1) is 36.5 Å². The Bertz CT molecular complexity index is 1250. The summed E-state index contributed by atoms with van der Waals surface area (Å²) in [7, 11) is 0. The second-order valence-corrected chi connectivity index (χ2v) is 9.30. The lowest BCUT2D eigenvalue weighted by Crippen LogP contribution is -2.24. The van der Waals surface area contributed by atoms with Gasteiger partial charge in [0.15, 0.2) is 0 Å². The van der Waals surface area contributed by atoms with E-state index in [9.17, 15) is 9.59 Å². The SMILES string of the molecule is O=C(CC(=O)Nc1cccc(Cl)c1Cl)NN=Cc1ccc(OCc2ccc(Cl)c(Cl)c2)c(Br)c1. The number of hydrazone groups is 1. The molecule has 0 bridgehead atoms. The number of rotatable bonds is 8. The average molecular weight is 604 g/mol. The molecule has 0 spiro atoms. The summed E-state index contributed by atoms with van der Waals surface area (Å²) in [6, 6.07) is 15.4. The van der Waals surface area contributed by atoms with Crippen molar-refractivity contribution in [2.45, 2.75) is 13.0 Å². The molecule has 34 heavy (non-hydrogen) atoms. The molecule has 0 aliphatic heterocycles. The molecule has 0 heterocycles. The minimum atomic E-state index is -0.590. The third kappa shape index (κ3) is 7.61. The number of anilines is 1. The van der Waals surface area contributed by atoms with E-state index in [0.29, 0.717) is 43.1 Å². The Morgan fingerprint density at radius 2 is 1.74 bits per heavy atom. The summed E-state index contributed by atoms with van der Waals surface area (Å²) in [5.41, 5.74) is 4.20. The van der Waals surface area contributed by atoms with Crippen molar-refractivity contribution in [3.05, 3.63) is 90.3 Å². The molecule has 0 unspecified atom stereocenters. The number of carbonyl (C=O) groups excluding carboxylic acids is 2. The van der Waals surface area contributed by atoms with Gasteiger partial charge in [0.25, 0.3) is 0 Å². The number of amides is 2. The number of halogens is 5. The van der Waals surface area contributed by atoms with E-state index in [0.717, 1.165) is 5.56 Å². The minimum absolute atomic E-state index is 0.200. The van der Waals surface area contributed by atoms with Crippen molar-refractivity contribution in [2.75, 3.05) is 5.32 Å². The molecular formula is C23H16BrCl4N3O3. The van der Waals surface area contributed by atoms with Crippen LogP contribution in [0.4, 0.5) is 5.69 Å². The van der Waals surface area contributed by atoms with E-state index in [1.807, 2.05) is 6.07 Å². The van der Waals surface area contributed by atoms with Crippen LogP contribution in [0.1, 0.15) is 17.5 Å². The maximum absolute atomic E-state index is 12.0. The van der Waals surface area contributed by atoms with Gasteiger partial charge in [0.2, 0.25) is 11.8 Å². The smallest absolute Gasteiger partial charge is 0.249 e. The zero-order valence-corrected chi connectivity index (χ0v) is 21.9. The molecule has 0 fully saturated rings. The molecule has 0 radical (unpaired) electrons. The predicted molar refractivity (Wildman–Crippen MR) is 140 cm³/mol. The second-order valence-electron chi connectivity index (χ2n) is 6.85. The summed E-state index contributed by atoms with van der Waals surface area (Å²) in [6.45, 7) is 0.307. The maximum Gasteiger partial charge on any atom is 0.249 e. The van der Waals surface area contributed by atoms with Gasteiger partial charge in [-0.25, -0.2) is 5.43 Å². The quantitative estimate of drug-likeness (QED) is 0.163. The molecule has 0 aromatic heterocycles. The van der Waals surface area contributed by atoms with E-state index in [4.69, 9.17) is 51.1 Å². The highest BCUT2D eigenvalue weighted by Crippen LogP contribution is 2.30. The highest BCUT2D eigenvalue weighted by atomic mass is 79.9. The number of ether oxygens (including phenoxy) is 1. The van der Waals surface area contributed by atoms with Crippen molar-refractivity contribution < 1.29 is 14.3 Å². The standard InChI is InChI=1S/C23H16BrCl4N3O3/c24-15-8-13(5-7-20(15)34-12-14-4-6-16(25)18(27)9-14)11-29-31-22(33)10-21(32)30-19-3-1-2-17(26)23(19)28/h1-9,11H,10,12H2,(H,30,32)(H,31,33). The third-order valence-electron chi connectivity index (χ3n) is 4.28. The molecule has 0 saturated heterocycles. The van der Waals surface area contributed by atoms with Crippen molar-refractivity contribution in [3.63, 3.8) is 0 Å². The van der Waals surface area contributed by atoms with Crippen molar-refractivity contribution in [3.8, 4) is 5.75 Å². The summed E-state index contributed by atoms with van der Waals surface area (Å²) in [5.74, 6) is -0.528. The highest BCUT2D eigenvalue weighted by Gasteiger charge is 2.12. The fourth-order valence-corrected chi connectivity index (χ4v) is 3.84. The van der Waals surface area contributed by atoms with Crippen LogP contribution in [0.5, 0.6) is 5.75 Å². The molecule has 0 saturated carbocycles. The predicted octanol–water partition coefficient (Wildman–Crippen LogP) is 7.12. The number of hydrogen-bond donors (Lipinski definition) is 2. The fraction of sp³-hybridized carbons (Fsp3) is 0.0870. The normalized spacial score (nSPS) is 10.9. The Balaban J connectivity index is 1.49. The van der Waals surface area contributed by atoms with Crippen LogP contribution in [0.3, 0.4) is 0 Å². The van der Waals surface area contributed by atoms with E-state index in [1.165, 1.54) is 6.21 Å². The van der Waals surface area contributed by atoms with Gasteiger partial charge in [0, 0.05) is 0 Å². The van der Waals surface area contributed by atoms with Gasteiger partial charge in [-0.05, 0) is 69.5 Å². The Hall–Kier alpha value is -2.29. The van der Waals surface area contributed by atoms with Gasteiger partial charge in [0.1, 0.15) is 18.8 Å². The van der Waals surface area contributed by atoms with Crippen molar-refractivity contribution in [2.24, 2.45) is 5.10 Å². The van der Waals surface area contributed by atoms with Crippen LogP contribution in [0.2, 0.25) is 20.1 Å². The number of nitrogens with one attached hydrogen (secondary N) is 2. The number of carbonyl (C=O) groups is 2. The zero-order valence-electron chi connectivity index (χ0n) is 17.2. The van der Waals surface area contributed by atoms with Crippen LogP contribution in [-0.2, 0) is 16.2 Å². The van der Waals surface area contributed by atoms with Crippen molar-refractivity contribution in [1.29, 1.82) is 0 Å². The molecule has 176 valence electrons. The van der Waals surface area contributed by atoms with Crippen LogP contribution >= 0.6 is 62.3 Å². The first kappa shape index (κ1) is 26.3. The molecule has 11 heteroatoms. The lowest BCUT2D eigenvalue weighted by molar-refractivity contribution is -0.126. The van der Waals surface area contributed by atoms with Gasteiger partial charge < -0.3 is 10.1 Å². The van der Waals surface area contributed by atoms with Crippen LogP contribution in [0.15, 0.2) is 64.2 Å². The Labute approximate surface area is 224 Å². The average Bonchev–Trinajstić information content (AvgIpc) is 2.78. The topological polar surface area (TPSA) is 79.8 Å². The van der Waals surface area contributed by atoms with E-state index >= 15 is 0 Å². The van der Waals surface area contributed by atoms with Crippen LogP contribution in [0, 0.1) is 0 Å². The Morgan fingerprint density at radius 3 is 2.47 bits per heavy atom. The molecule has 6 nitrogen and oxygen atoms in total. The van der Waals surface area contributed by atoms with E-state index < -0.39 is 18.2 Å².